The molecule has 1 unspecified atom stereocenters. The number of methoxy groups -OCH3 is 2. The molecule has 21 heavy (non-hydrogen) atoms. The number of aryl methyl sites for hydroxylation is 1. The number of imidazole rings is 1. The normalized spacial score (nSPS) is 12.2. The number of hydrogen-bond acceptors (Lipinski definition) is 4. The Kier molecular flexibility index (Phi) is 4.70. The molecule has 2 rings (SSSR count). The third-order valence-corrected chi connectivity index (χ3v) is 3.42. The molecule has 0 aliphatic carbocycles. The highest BCUT2D eigenvalue weighted by Gasteiger charge is 2.14. The van der Waals surface area contributed by atoms with Gasteiger partial charge in [0.2, 0.25) is 0 Å². The van der Waals surface area contributed by atoms with Crippen LogP contribution in [0.25, 0.3) is 0 Å². The topological polar surface area (TPSA) is 65.6 Å². The number of benzene rings is 1. The summed E-state index contributed by atoms with van der Waals surface area (Å²) in [6.45, 7) is 2.70. The van der Waals surface area contributed by atoms with E-state index in [1.165, 1.54) is 4.57 Å². The van der Waals surface area contributed by atoms with Crippen LogP contribution in [0.2, 0.25) is 0 Å². The third-order valence-electron chi connectivity index (χ3n) is 3.42. The summed E-state index contributed by atoms with van der Waals surface area (Å²) in [7, 11) is 3.10. The van der Waals surface area contributed by atoms with Crippen molar-refractivity contribution in [2.75, 3.05) is 14.2 Å². The number of rotatable bonds is 6. The van der Waals surface area contributed by atoms with Gasteiger partial charge in [-0.3, -0.25) is 9.13 Å². The van der Waals surface area contributed by atoms with E-state index in [2.05, 4.69) is 0 Å². The molecule has 114 valence electrons. The quantitative estimate of drug-likeness (QED) is 0.874. The Hall–Kier alpha value is -2.21. The largest absolute Gasteiger partial charge is 0.493 e. The summed E-state index contributed by atoms with van der Waals surface area (Å²) in [5, 5.41) is 10.3. The first-order valence-corrected chi connectivity index (χ1v) is 6.76. The van der Waals surface area contributed by atoms with E-state index in [1.54, 1.807) is 49.4 Å². The van der Waals surface area contributed by atoms with Crippen LogP contribution in [-0.4, -0.2) is 28.5 Å². The fourth-order valence-electron chi connectivity index (χ4n) is 2.18. The fourth-order valence-corrected chi connectivity index (χ4v) is 2.18. The molecule has 2 aromatic rings. The average Bonchev–Trinajstić information content (AvgIpc) is 2.86. The molecular formula is C15H20N2O4. The van der Waals surface area contributed by atoms with Gasteiger partial charge in [-0.2, -0.15) is 0 Å². The summed E-state index contributed by atoms with van der Waals surface area (Å²) in [4.78, 5) is 12.0. The van der Waals surface area contributed by atoms with Gasteiger partial charge >= 0.3 is 5.69 Å². The van der Waals surface area contributed by atoms with Crippen molar-refractivity contribution >= 4 is 0 Å². The zero-order valence-corrected chi connectivity index (χ0v) is 12.4. The molecule has 0 radical (unpaired) electrons. The molecular weight excluding hydrogens is 272 g/mol. The Labute approximate surface area is 123 Å². The van der Waals surface area contributed by atoms with E-state index in [-0.39, 0.29) is 12.2 Å². The number of nitrogens with zero attached hydrogens (tertiary/aromatic N) is 2. The lowest BCUT2D eigenvalue weighted by Gasteiger charge is -2.14. The second-order valence-corrected chi connectivity index (χ2v) is 4.65. The maximum absolute atomic E-state index is 12.0. The SMILES string of the molecule is CCn1ccn(CC(O)c2ccc(OC)c(OC)c2)c1=O. The van der Waals surface area contributed by atoms with E-state index in [1.807, 2.05) is 6.92 Å². The van der Waals surface area contributed by atoms with Crippen molar-refractivity contribution in [3.63, 3.8) is 0 Å². The van der Waals surface area contributed by atoms with Gasteiger partial charge in [-0.1, -0.05) is 6.07 Å². The molecule has 0 saturated carbocycles. The molecule has 0 aliphatic heterocycles. The van der Waals surface area contributed by atoms with Gasteiger partial charge < -0.3 is 14.6 Å². The van der Waals surface area contributed by atoms with Gasteiger partial charge in [0, 0.05) is 18.9 Å². The summed E-state index contributed by atoms with van der Waals surface area (Å²) in [6.07, 6.45) is 2.59. The predicted octanol–water partition coefficient (Wildman–Crippen LogP) is 1.42. The van der Waals surface area contributed by atoms with Crippen LogP contribution in [0.5, 0.6) is 11.5 Å². The maximum atomic E-state index is 12.0. The molecule has 1 atom stereocenters. The number of aliphatic hydroxyl groups excluding tert-OH is 1. The van der Waals surface area contributed by atoms with E-state index in [0.29, 0.717) is 23.6 Å². The molecule has 0 fully saturated rings. The summed E-state index contributed by atoms with van der Waals surface area (Å²) in [5.74, 6) is 1.15. The van der Waals surface area contributed by atoms with Crippen LogP contribution in [0.15, 0.2) is 35.4 Å². The van der Waals surface area contributed by atoms with Crippen molar-refractivity contribution in [2.45, 2.75) is 26.1 Å². The van der Waals surface area contributed by atoms with Gasteiger partial charge in [0.15, 0.2) is 11.5 Å². The Morgan fingerprint density at radius 2 is 1.81 bits per heavy atom. The first-order valence-electron chi connectivity index (χ1n) is 6.76. The van der Waals surface area contributed by atoms with Crippen molar-refractivity contribution in [2.24, 2.45) is 0 Å². The average molecular weight is 292 g/mol. The monoisotopic (exact) mass is 292 g/mol. The lowest BCUT2D eigenvalue weighted by Crippen LogP contribution is -2.25. The zero-order chi connectivity index (χ0) is 15.4. The zero-order valence-electron chi connectivity index (χ0n) is 12.4. The van der Waals surface area contributed by atoms with Gasteiger partial charge in [0.25, 0.3) is 0 Å². The minimum atomic E-state index is -0.796. The van der Waals surface area contributed by atoms with Crippen LogP contribution in [0.3, 0.4) is 0 Å². The Morgan fingerprint density at radius 1 is 1.14 bits per heavy atom. The summed E-state index contributed by atoms with van der Waals surface area (Å²) in [6, 6.07) is 5.20. The number of ether oxygens (including phenoxy) is 2. The number of hydrogen-bond donors (Lipinski definition) is 1. The third kappa shape index (κ3) is 3.11. The molecule has 1 heterocycles. The van der Waals surface area contributed by atoms with Crippen molar-refractivity contribution in [1.82, 2.24) is 9.13 Å². The predicted molar refractivity (Wildman–Crippen MR) is 78.9 cm³/mol. The van der Waals surface area contributed by atoms with E-state index < -0.39 is 6.10 Å². The minimum Gasteiger partial charge on any atom is -0.493 e. The summed E-state index contributed by atoms with van der Waals surface area (Å²) in [5.41, 5.74) is 0.542. The van der Waals surface area contributed by atoms with Gasteiger partial charge in [-0.25, -0.2) is 4.79 Å². The van der Waals surface area contributed by atoms with Crippen molar-refractivity contribution in [3.05, 3.63) is 46.6 Å². The molecule has 6 nitrogen and oxygen atoms in total. The van der Waals surface area contributed by atoms with Gasteiger partial charge in [-0.15, -0.1) is 0 Å². The second kappa shape index (κ2) is 6.49. The van der Waals surface area contributed by atoms with Crippen LogP contribution in [0.4, 0.5) is 0 Å². The smallest absolute Gasteiger partial charge is 0.328 e. The van der Waals surface area contributed by atoms with Crippen LogP contribution in [0, 0.1) is 0 Å². The highest BCUT2D eigenvalue weighted by Crippen LogP contribution is 2.30. The molecule has 1 aromatic carbocycles. The molecule has 0 aliphatic rings. The molecule has 0 saturated heterocycles. The Morgan fingerprint density at radius 3 is 2.38 bits per heavy atom. The van der Waals surface area contributed by atoms with Gasteiger partial charge in [0.1, 0.15) is 0 Å². The molecule has 0 amide bonds. The van der Waals surface area contributed by atoms with Crippen LogP contribution in [-0.2, 0) is 13.1 Å². The van der Waals surface area contributed by atoms with Crippen LogP contribution < -0.4 is 15.2 Å². The lowest BCUT2D eigenvalue weighted by atomic mass is 10.1. The summed E-state index contributed by atoms with van der Waals surface area (Å²) >= 11 is 0. The molecule has 1 N–H and O–H groups in total. The van der Waals surface area contributed by atoms with E-state index in [0.717, 1.165) is 0 Å². The Balaban J connectivity index is 2.21. The van der Waals surface area contributed by atoms with Gasteiger partial charge in [-0.05, 0) is 24.6 Å². The van der Waals surface area contributed by atoms with Crippen LogP contribution >= 0.6 is 0 Å². The van der Waals surface area contributed by atoms with E-state index in [9.17, 15) is 9.90 Å². The minimum absolute atomic E-state index is 0.128. The first-order chi connectivity index (χ1) is 10.1. The van der Waals surface area contributed by atoms with E-state index in [4.69, 9.17) is 9.47 Å². The maximum Gasteiger partial charge on any atom is 0.328 e. The molecule has 6 heteroatoms. The second-order valence-electron chi connectivity index (χ2n) is 4.65. The number of aromatic nitrogens is 2. The fraction of sp³-hybridized carbons (Fsp3) is 0.400. The Bertz CT molecular complexity index is 660. The van der Waals surface area contributed by atoms with E-state index >= 15 is 0 Å². The molecule has 0 spiro atoms. The molecule has 0 bridgehead atoms. The van der Waals surface area contributed by atoms with Crippen molar-refractivity contribution in [1.29, 1.82) is 0 Å². The standard InChI is InChI=1S/C15H20N2O4/c1-4-16-7-8-17(15(16)19)10-12(18)11-5-6-13(20-2)14(9-11)21-3/h5-9,12,18H,4,10H2,1-3H3. The lowest BCUT2D eigenvalue weighted by molar-refractivity contribution is 0.154. The highest BCUT2D eigenvalue weighted by molar-refractivity contribution is 5.43. The first kappa shape index (κ1) is 15.2. The van der Waals surface area contributed by atoms with Gasteiger partial charge in [0.05, 0.1) is 26.9 Å². The molecule has 1 aromatic heterocycles. The van der Waals surface area contributed by atoms with Crippen molar-refractivity contribution < 1.29 is 14.6 Å². The highest BCUT2D eigenvalue weighted by atomic mass is 16.5. The van der Waals surface area contributed by atoms with Crippen LogP contribution in [0.1, 0.15) is 18.6 Å². The summed E-state index contributed by atoms with van der Waals surface area (Å²) < 4.78 is 13.5. The number of aliphatic hydroxyl groups is 1. The van der Waals surface area contributed by atoms with Crippen molar-refractivity contribution in [3.8, 4) is 11.5 Å².